The number of rotatable bonds is 9. The van der Waals surface area contributed by atoms with Crippen molar-refractivity contribution in [2.75, 3.05) is 6.61 Å². The van der Waals surface area contributed by atoms with Gasteiger partial charge in [0.15, 0.2) is 0 Å². The van der Waals surface area contributed by atoms with Crippen molar-refractivity contribution in [1.82, 2.24) is 0 Å². The first-order valence-corrected chi connectivity index (χ1v) is 10.6. The summed E-state index contributed by atoms with van der Waals surface area (Å²) >= 11 is 0. The Morgan fingerprint density at radius 1 is 0.821 bits per heavy atom. The first-order valence-electron chi connectivity index (χ1n) is 8.68. The lowest BCUT2D eigenvalue weighted by Crippen LogP contribution is -2.09. The molecule has 156 valence electrons. The van der Waals surface area contributed by atoms with Gasteiger partial charge in [-0.15, -0.1) is 0 Å². The molecule has 2 aromatic rings. The van der Waals surface area contributed by atoms with Crippen LogP contribution in [0.4, 0.5) is 19.4 Å². The lowest BCUT2D eigenvalue weighted by Gasteiger charge is -2.40. The van der Waals surface area contributed by atoms with E-state index in [-0.39, 0.29) is 23.4 Å². The van der Waals surface area contributed by atoms with E-state index in [9.17, 15) is 24.2 Å². The Morgan fingerprint density at radius 2 is 1.39 bits per heavy atom. The number of carbonyl (C=O) groups is 1. The van der Waals surface area contributed by atoms with Gasteiger partial charge in [-0.25, -0.2) is 4.79 Å². The Hall–Kier alpha value is -2.29. The van der Waals surface area contributed by atoms with E-state index in [1.807, 2.05) is 0 Å². The van der Waals surface area contributed by atoms with Gasteiger partial charge in [-0.1, -0.05) is 45.6 Å². The summed E-state index contributed by atoms with van der Waals surface area (Å²) in [7, 11) is -9.75. The van der Waals surface area contributed by atoms with Crippen LogP contribution in [0.25, 0.3) is 0 Å². The highest BCUT2D eigenvalue weighted by Crippen LogP contribution is 3.02. The van der Waals surface area contributed by atoms with E-state index >= 15 is 0 Å². The van der Waals surface area contributed by atoms with Gasteiger partial charge in [-0.3, -0.25) is 0 Å². The standard InChI is InChI=1S/C19H21F5O3S/c1-2-3-4-5-14-26-16-8-6-15(7-9-16)19(25)27-17-10-12-18(13-11-17)28(20,21,22,23)24/h6-13H,2-5,14H2,1H3. The van der Waals surface area contributed by atoms with Crippen molar-refractivity contribution in [3.05, 3.63) is 54.1 Å². The summed E-state index contributed by atoms with van der Waals surface area (Å²) in [5.74, 6) is -0.519. The normalized spacial score (nSPS) is 14.1. The van der Waals surface area contributed by atoms with Crippen LogP contribution in [0.15, 0.2) is 53.4 Å². The average molecular weight is 424 g/mol. The fourth-order valence-corrected chi connectivity index (χ4v) is 2.99. The van der Waals surface area contributed by atoms with Gasteiger partial charge in [0.1, 0.15) is 16.4 Å². The third-order valence-corrected chi connectivity index (χ3v) is 5.00. The van der Waals surface area contributed by atoms with E-state index in [1.165, 1.54) is 12.1 Å². The Kier molecular flexibility index (Phi) is 5.98. The minimum atomic E-state index is -9.75. The summed E-state index contributed by atoms with van der Waals surface area (Å²) in [6, 6.07) is 7.80. The molecule has 0 unspecified atom stereocenters. The zero-order valence-corrected chi connectivity index (χ0v) is 16.0. The zero-order valence-electron chi connectivity index (χ0n) is 15.2. The highest BCUT2D eigenvalue weighted by molar-refractivity contribution is 8.45. The molecule has 0 aromatic heterocycles. The molecule has 0 amide bonds. The summed E-state index contributed by atoms with van der Waals surface area (Å²) in [5, 5.41) is 0. The summed E-state index contributed by atoms with van der Waals surface area (Å²) in [4.78, 5) is 10.00. The van der Waals surface area contributed by atoms with Crippen LogP contribution < -0.4 is 9.47 Å². The van der Waals surface area contributed by atoms with Crippen LogP contribution in [-0.2, 0) is 0 Å². The van der Waals surface area contributed by atoms with Gasteiger partial charge in [-0.2, -0.15) is 0 Å². The monoisotopic (exact) mass is 424 g/mol. The SMILES string of the molecule is CCCCCCOc1ccc(C(=O)Oc2ccc(S(F)(F)(F)(F)F)cc2)cc1. The average Bonchev–Trinajstić information content (AvgIpc) is 2.60. The fraction of sp³-hybridized carbons (Fsp3) is 0.316. The molecule has 0 fully saturated rings. The largest absolute Gasteiger partial charge is 0.494 e. The lowest BCUT2D eigenvalue weighted by atomic mass is 10.2. The Balaban J connectivity index is 1.94. The number of hydrogen-bond acceptors (Lipinski definition) is 3. The summed E-state index contributed by atoms with van der Waals surface area (Å²) in [6.07, 6.45) is 4.26. The molecule has 9 heteroatoms. The first kappa shape index (κ1) is 22.0. The molecule has 0 radical (unpaired) electrons. The predicted octanol–water partition coefficient (Wildman–Crippen LogP) is 7.52. The molecule has 2 aromatic carbocycles. The molecule has 0 spiro atoms. The predicted molar refractivity (Wildman–Crippen MR) is 98.9 cm³/mol. The highest BCUT2D eigenvalue weighted by atomic mass is 32.5. The number of hydrogen-bond donors (Lipinski definition) is 0. The molecule has 0 bridgehead atoms. The van der Waals surface area contributed by atoms with Crippen LogP contribution in [0.1, 0.15) is 43.0 Å². The quantitative estimate of drug-likeness (QED) is 0.181. The van der Waals surface area contributed by atoms with Gasteiger partial charge < -0.3 is 9.47 Å². The van der Waals surface area contributed by atoms with E-state index in [1.54, 1.807) is 12.1 Å². The lowest BCUT2D eigenvalue weighted by molar-refractivity contribution is 0.0734. The number of carbonyl (C=O) groups excluding carboxylic acids is 1. The van der Waals surface area contributed by atoms with Crippen LogP contribution in [0, 0.1) is 0 Å². The van der Waals surface area contributed by atoms with E-state index in [4.69, 9.17) is 9.47 Å². The molecule has 0 N–H and O–H groups in total. The molecule has 2 rings (SSSR count). The number of esters is 1. The molecular formula is C19H21F5O3S. The topological polar surface area (TPSA) is 35.5 Å². The van der Waals surface area contributed by atoms with Crippen LogP contribution in [0.5, 0.6) is 11.5 Å². The maximum absolute atomic E-state index is 12.7. The molecule has 0 aliphatic carbocycles. The molecule has 0 heterocycles. The van der Waals surface area contributed by atoms with E-state index in [2.05, 4.69) is 6.92 Å². The van der Waals surface area contributed by atoms with Gasteiger partial charge in [0, 0.05) is 0 Å². The van der Waals surface area contributed by atoms with Gasteiger partial charge in [0.05, 0.1) is 12.2 Å². The van der Waals surface area contributed by atoms with Gasteiger partial charge >= 0.3 is 16.2 Å². The molecule has 3 nitrogen and oxygen atoms in total. The summed E-state index contributed by atoms with van der Waals surface area (Å²) in [5.41, 5.74) is 0.148. The van der Waals surface area contributed by atoms with Gasteiger partial charge in [0.2, 0.25) is 0 Å². The minimum Gasteiger partial charge on any atom is -0.494 e. The van der Waals surface area contributed by atoms with Gasteiger partial charge in [-0.05, 0) is 55.0 Å². The third-order valence-electron chi connectivity index (χ3n) is 3.84. The molecule has 0 aliphatic rings. The number of benzene rings is 2. The number of ether oxygens (including phenoxy) is 2. The zero-order chi connectivity index (χ0) is 20.9. The Bertz CT molecular complexity index is 803. The Morgan fingerprint density at radius 3 is 1.93 bits per heavy atom. The summed E-state index contributed by atoms with van der Waals surface area (Å²) in [6.45, 7) is 2.67. The second kappa shape index (κ2) is 7.62. The second-order valence-corrected chi connectivity index (χ2v) is 8.67. The minimum absolute atomic E-state index is 0.148. The highest BCUT2D eigenvalue weighted by Gasteiger charge is 2.65. The van der Waals surface area contributed by atoms with Crippen molar-refractivity contribution in [3.8, 4) is 11.5 Å². The maximum Gasteiger partial charge on any atom is 0.343 e. The first-order chi connectivity index (χ1) is 12.9. The van der Waals surface area contributed by atoms with E-state index < -0.39 is 21.1 Å². The third kappa shape index (κ3) is 6.70. The second-order valence-electron chi connectivity index (χ2n) is 6.26. The van der Waals surface area contributed by atoms with E-state index in [0.717, 1.165) is 25.7 Å². The van der Waals surface area contributed by atoms with Crippen LogP contribution in [0.2, 0.25) is 0 Å². The van der Waals surface area contributed by atoms with Crippen molar-refractivity contribution >= 4 is 16.2 Å². The molecule has 0 atom stereocenters. The molecule has 0 saturated heterocycles. The molecule has 28 heavy (non-hydrogen) atoms. The van der Waals surface area contributed by atoms with E-state index in [0.29, 0.717) is 24.5 Å². The number of unbranched alkanes of at least 4 members (excludes halogenated alkanes) is 3. The van der Waals surface area contributed by atoms with Crippen molar-refractivity contribution < 1.29 is 33.7 Å². The molecule has 0 aliphatic heterocycles. The maximum atomic E-state index is 12.7. The van der Waals surface area contributed by atoms with Crippen molar-refractivity contribution in [1.29, 1.82) is 0 Å². The summed E-state index contributed by atoms with van der Waals surface area (Å²) < 4.78 is 73.8. The molecular weight excluding hydrogens is 403 g/mol. The van der Waals surface area contributed by atoms with Crippen LogP contribution >= 0.6 is 10.2 Å². The van der Waals surface area contributed by atoms with Crippen molar-refractivity contribution in [3.63, 3.8) is 0 Å². The van der Waals surface area contributed by atoms with Crippen molar-refractivity contribution in [2.45, 2.75) is 37.5 Å². The fourth-order valence-electron chi connectivity index (χ4n) is 2.34. The van der Waals surface area contributed by atoms with Crippen molar-refractivity contribution in [2.24, 2.45) is 0 Å². The smallest absolute Gasteiger partial charge is 0.343 e. The van der Waals surface area contributed by atoms with Crippen LogP contribution in [-0.4, -0.2) is 12.6 Å². The number of halogens is 5. The van der Waals surface area contributed by atoms with Gasteiger partial charge in [0.25, 0.3) is 0 Å². The Labute approximate surface area is 160 Å². The van der Waals surface area contributed by atoms with Crippen LogP contribution in [0.3, 0.4) is 0 Å². The molecule has 0 saturated carbocycles.